The van der Waals surface area contributed by atoms with E-state index in [1.165, 1.54) is 6.07 Å². The normalized spacial score (nSPS) is 16.3. The van der Waals surface area contributed by atoms with Gasteiger partial charge in [-0.2, -0.15) is 0 Å². The van der Waals surface area contributed by atoms with Crippen molar-refractivity contribution in [2.24, 2.45) is 0 Å². The Labute approximate surface area is 139 Å². The summed E-state index contributed by atoms with van der Waals surface area (Å²) >= 11 is 0. The van der Waals surface area contributed by atoms with E-state index in [9.17, 15) is 25.2 Å². The van der Waals surface area contributed by atoms with E-state index in [2.05, 4.69) is 0 Å². The van der Waals surface area contributed by atoms with Crippen LogP contribution in [0.1, 0.15) is 24.2 Å². The summed E-state index contributed by atoms with van der Waals surface area (Å²) in [6, 6.07) is 6.41. The average Bonchev–Trinajstić information content (AvgIpc) is 2.57. The number of carbonyl (C=O) groups is 1. The number of ether oxygens (including phenoxy) is 2. The molecule has 0 saturated heterocycles. The standard InChI is InChI=1S/C16H24O8/c1-9(2)24-13-6-4-3-5-10(13)16(22)23-8-12(19)15(21)14(20)11(18)7-17/h3-6,9,11-12,14-15,17-21H,7-8H2,1-2H3/t11-,12+,14-,15-/m1/s1. The highest BCUT2D eigenvalue weighted by Gasteiger charge is 2.31. The molecule has 136 valence electrons. The maximum absolute atomic E-state index is 12.1. The molecule has 0 unspecified atom stereocenters. The van der Waals surface area contributed by atoms with Crippen molar-refractivity contribution in [3.05, 3.63) is 29.8 Å². The highest BCUT2D eigenvalue weighted by Crippen LogP contribution is 2.20. The number of benzene rings is 1. The second-order valence-electron chi connectivity index (χ2n) is 5.56. The SMILES string of the molecule is CC(C)Oc1ccccc1C(=O)OC[C@H](O)[C@@H](O)[C@H](O)[C@H](O)CO. The Morgan fingerprint density at radius 3 is 2.21 bits per heavy atom. The second-order valence-corrected chi connectivity index (χ2v) is 5.56. The first-order chi connectivity index (χ1) is 11.3. The Morgan fingerprint density at radius 1 is 1.04 bits per heavy atom. The zero-order chi connectivity index (χ0) is 18.3. The van der Waals surface area contributed by atoms with E-state index in [4.69, 9.17) is 14.6 Å². The smallest absolute Gasteiger partial charge is 0.342 e. The zero-order valence-corrected chi connectivity index (χ0v) is 13.6. The molecule has 0 aliphatic heterocycles. The Bertz CT molecular complexity index is 519. The van der Waals surface area contributed by atoms with Gasteiger partial charge in [0, 0.05) is 0 Å². The predicted molar refractivity (Wildman–Crippen MR) is 83.6 cm³/mol. The lowest BCUT2D eigenvalue weighted by Crippen LogP contribution is -2.47. The number of carbonyl (C=O) groups excluding carboxylic acids is 1. The summed E-state index contributed by atoms with van der Waals surface area (Å²) in [4.78, 5) is 12.1. The number of rotatable bonds is 9. The lowest BCUT2D eigenvalue weighted by molar-refractivity contribution is -0.124. The molecule has 0 bridgehead atoms. The predicted octanol–water partition coefficient (Wildman–Crippen LogP) is -0.933. The van der Waals surface area contributed by atoms with Crippen LogP contribution < -0.4 is 4.74 Å². The minimum Gasteiger partial charge on any atom is -0.490 e. The molecule has 0 amide bonds. The van der Waals surface area contributed by atoms with Crippen molar-refractivity contribution in [2.45, 2.75) is 44.4 Å². The van der Waals surface area contributed by atoms with Crippen LogP contribution in [0.5, 0.6) is 5.75 Å². The van der Waals surface area contributed by atoms with Gasteiger partial charge in [0.05, 0.1) is 12.7 Å². The van der Waals surface area contributed by atoms with Gasteiger partial charge < -0.3 is 35.0 Å². The van der Waals surface area contributed by atoms with Crippen molar-refractivity contribution in [3.8, 4) is 5.75 Å². The summed E-state index contributed by atoms with van der Waals surface area (Å²) < 4.78 is 10.4. The maximum Gasteiger partial charge on any atom is 0.342 e. The molecule has 24 heavy (non-hydrogen) atoms. The number of aliphatic hydroxyl groups excluding tert-OH is 5. The monoisotopic (exact) mass is 344 g/mol. The van der Waals surface area contributed by atoms with Crippen molar-refractivity contribution in [3.63, 3.8) is 0 Å². The van der Waals surface area contributed by atoms with Crippen molar-refractivity contribution in [1.29, 1.82) is 0 Å². The fourth-order valence-corrected chi connectivity index (χ4v) is 1.89. The quantitative estimate of drug-likeness (QED) is 0.362. The minimum absolute atomic E-state index is 0.151. The first-order valence-electron chi connectivity index (χ1n) is 7.53. The molecule has 8 heteroatoms. The number of hydrogen-bond donors (Lipinski definition) is 5. The van der Waals surface area contributed by atoms with Gasteiger partial charge in [0.1, 0.15) is 42.3 Å². The molecule has 4 atom stereocenters. The van der Waals surface area contributed by atoms with Crippen LogP contribution in [-0.4, -0.2) is 75.2 Å². The van der Waals surface area contributed by atoms with Gasteiger partial charge >= 0.3 is 5.97 Å². The summed E-state index contributed by atoms with van der Waals surface area (Å²) in [5.41, 5.74) is 0.156. The Balaban J connectivity index is 2.66. The lowest BCUT2D eigenvalue weighted by Gasteiger charge is -2.25. The third-order valence-corrected chi connectivity index (χ3v) is 3.18. The number of para-hydroxylation sites is 1. The van der Waals surface area contributed by atoms with E-state index in [0.717, 1.165) is 0 Å². The maximum atomic E-state index is 12.1. The molecule has 5 N–H and O–H groups in total. The molecular weight excluding hydrogens is 320 g/mol. The molecule has 0 heterocycles. The molecule has 1 aromatic rings. The Hall–Kier alpha value is -1.71. The summed E-state index contributed by atoms with van der Waals surface area (Å²) in [5, 5.41) is 46.8. The molecule has 0 radical (unpaired) electrons. The lowest BCUT2D eigenvalue weighted by atomic mass is 10.0. The van der Waals surface area contributed by atoms with Crippen LogP contribution in [0.4, 0.5) is 0 Å². The van der Waals surface area contributed by atoms with Gasteiger partial charge in [-0.1, -0.05) is 12.1 Å². The van der Waals surface area contributed by atoms with E-state index in [1.54, 1.807) is 32.0 Å². The topological polar surface area (TPSA) is 137 Å². The highest BCUT2D eigenvalue weighted by molar-refractivity contribution is 5.92. The van der Waals surface area contributed by atoms with Crippen LogP contribution in [0.15, 0.2) is 24.3 Å². The van der Waals surface area contributed by atoms with Crippen LogP contribution in [0.25, 0.3) is 0 Å². The van der Waals surface area contributed by atoms with E-state index in [-0.39, 0.29) is 11.7 Å². The van der Waals surface area contributed by atoms with E-state index in [1.807, 2.05) is 0 Å². The Kier molecular flexibility index (Phi) is 8.09. The van der Waals surface area contributed by atoms with Gasteiger partial charge in [0.2, 0.25) is 0 Å². The fourth-order valence-electron chi connectivity index (χ4n) is 1.89. The third kappa shape index (κ3) is 5.73. The molecule has 0 aliphatic rings. The highest BCUT2D eigenvalue weighted by atomic mass is 16.5. The van der Waals surface area contributed by atoms with Crippen LogP contribution in [0.3, 0.4) is 0 Å². The van der Waals surface area contributed by atoms with Crippen LogP contribution in [0, 0.1) is 0 Å². The first-order valence-corrected chi connectivity index (χ1v) is 7.53. The number of aliphatic hydroxyl groups is 5. The molecule has 0 aromatic heterocycles. The van der Waals surface area contributed by atoms with Crippen molar-refractivity contribution in [1.82, 2.24) is 0 Å². The molecule has 0 spiro atoms. The van der Waals surface area contributed by atoms with Gasteiger partial charge in [-0.25, -0.2) is 4.79 Å². The zero-order valence-electron chi connectivity index (χ0n) is 13.6. The van der Waals surface area contributed by atoms with E-state index < -0.39 is 43.6 Å². The number of hydrogen-bond acceptors (Lipinski definition) is 8. The molecular formula is C16H24O8. The van der Waals surface area contributed by atoms with Gasteiger partial charge in [-0.3, -0.25) is 0 Å². The van der Waals surface area contributed by atoms with Crippen LogP contribution >= 0.6 is 0 Å². The van der Waals surface area contributed by atoms with E-state index in [0.29, 0.717) is 5.75 Å². The minimum atomic E-state index is -1.79. The molecule has 0 fully saturated rings. The third-order valence-electron chi connectivity index (χ3n) is 3.18. The number of esters is 1. The average molecular weight is 344 g/mol. The van der Waals surface area contributed by atoms with Gasteiger partial charge in [0.15, 0.2) is 0 Å². The summed E-state index contributed by atoms with van der Waals surface area (Å²) in [6.45, 7) is 2.21. The van der Waals surface area contributed by atoms with Gasteiger partial charge in [0.25, 0.3) is 0 Å². The molecule has 1 aromatic carbocycles. The van der Waals surface area contributed by atoms with Gasteiger partial charge in [-0.05, 0) is 26.0 Å². The summed E-state index contributed by atoms with van der Waals surface area (Å²) in [6.07, 6.45) is -6.97. The van der Waals surface area contributed by atoms with E-state index >= 15 is 0 Å². The van der Waals surface area contributed by atoms with Crippen molar-refractivity contribution in [2.75, 3.05) is 13.2 Å². The first kappa shape index (κ1) is 20.3. The molecule has 0 saturated carbocycles. The Morgan fingerprint density at radius 2 is 1.62 bits per heavy atom. The molecule has 1 rings (SSSR count). The summed E-state index contributed by atoms with van der Waals surface area (Å²) in [7, 11) is 0. The van der Waals surface area contributed by atoms with Crippen LogP contribution in [-0.2, 0) is 4.74 Å². The largest absolute Gasteiger partial charge is 0.490 e. The van der Waals surface area contributed by atoms with Crippen molar-refractivity contribution < 1.29 is 39.8 Å². The second kappa shape index (κ2) is 9.55. The summed E-state index contributed by atoms with van der Waals surface area (Å²) in [5.74, 6) is -0.446. The molecule has 0 aliphatic carbocycles. The van der Waals surface area contributed by atoms with Gasteiger partial charge in [-0.15, -0.1) is 0 Å². The molecule has 8 nitrogen and oxygen atoms in total. The van der Waals surface area contributed by atoms with Crippen LogP contribution in [0.2, 0.25) is 0 Å². The van der Waals surface area contributed by atoms with Crippen molar-refractivity contribution >= 4 is 5.97 Å². The fraction of sp³-hybridized carbons (Fsp3) is 0.562.